The van der Waals surface area contributed by atoms with E-state index in [1.165, 1.54) is 30.0 Å². The molecule has 0 aliphatic rings. The summed E-state index contributed by atoms with van der Waals surface area (Å²) in [5.74, 6) is 0.900. The van der Waals surface area contributed by atoms with Crippen molar-refractivity contribution >= 4 is 23.4 Å². The Hall–Kier alpha value is -0.860. The molecule has 1 aromatic rings. The minimum atomic E-state index is -4.50. The van der Waals surface area contributed by atoms with Crippen molar-refractivity contribution in [3.63, 3.8) is 0 Å². The first-order valence-electron chi connectivity index (χ1n) is 4.29. The Bertz CT molecular complexity index is 412. The highest BCUT2D eigenvalue weighted by atomic mass is 35.5. The van der Waals surface area contributed by atoms with Crippen LogP contribution in [0.1, 0.15) is 11.1 Å². The van der Waals surface area contributed by atoms with Crippen LogP contribution in [-0.2, 0) is 6.18 Å². The molecule has 0 N–H and O–H groups in total. The van der Waals surface area contributed by atoms with Gasteiger partial charge in [0.2, 0.25) is 0 Å². The lowest BCUT2D eigenvalue weighted by Crippen LogP contribution is -2.07. The van der Waals surface area contributed by atoms with Gasteiger partial charge in [0.15, 0.2) is 0 Å². The Morgan fingerprint density at radius 2 is 2.06 bits per heavy atom. The molecular weight excluding hydrogens is 259 g/mol. The zero-order valence-electron chi connectivity index (χ0n) is 8.01. The van der Waals surface area contributed by atoms with E-state index in [4.69, 9.17) is 16.9 Å². The van der Waals surface area contributed by atoms with Crippen LogP contribution in [0.3, 0.4) is 0 Å². The Balaban J connectivity index is 3.08. The van der Waals surface area contributed by atoms with E-state index in [1.807, 2.05) is 0 Å². The van der Waals surface area contributed by atoms with Crippen LogP contribution in [0, 0.1) is 11.3 Å². The van der Waals surface area contributed by atoms with E-state index in [0.29, 0.717) is 16.5 Å². The molecular formula is C10H7ClF3NS. The number of rotatable bonds is 3. The van der Waals surface area contributed by atoms with E-state index in [-0.39, 0.29) is 5.56 Å². The van der Waals surface area contributed by atoms with Crippen molar-refractivity contribution in [2.75, 3.05) is 11.6 Å². The number of thioether (sulfide) groups is 1. The van der Waals surface area contributed by atoms with Gasteiger partial charge in [-0.15, -0.1) is 23.4 Å². The highest BCUT2D eigenvalue weighted by Crippen LogP contribution is 2.34. The van der Waals surface area contributed by atoms with Gasteiger partial charge >= 0.3 is 6.18 Å². The van der Waals surface area contributed by atoms with E-state index in [9.17, 15) is 13.2 Å². The van der Waals surface area contributed by atoms with Crippen LogP contribution in [0.4, 0.5) is 13.2 Å². The maximum atomic E-state index is 12.6. The van der Waals surface area contributed by atoms with Crippen LogP contribution in [-0.4, -0.2) is 11.6 Å². The number of hydrogen-bond donors (Lipinski definition) is 0. The van der Waals surface area contributed by atoms with Gasteiger partial charge < -0.3 is 0 Å². The maximum absolute atomic E-state index is 12.6. The van der Waals surface area contributed by atoms with Crippen molar-refractivity contribution in [3.05, 3.63) is 29.3 Å². The molecule has 16 heavy (non-hydrogen) atoms. The van der Waals surface area contributed by atoms with Crippen LogP contribution >= 0.6 is 23.4 Å². The van der Waals surface area contributed by atoms with Crippen molar-refractivity contribution in [1.82, 2.24) is 0 Å². The van der Waals surface area contributed by atoms with E-state index < -0.39 is 11.7 Å². The fraction of sp³-hybridized carbons (Fsp3) is 0.300. The molecule has 0 amide bonds. The van der Waals surface area contributed by atoms with E-state index >= 15 is 0 Å². The minimum absolute atomic E-state index is 0.359. The van der Waals surface area contributed by atoms with Crippen LogP contribution in [0.15, 0.2) is 23.1 Å². The molecule has 0 aliphatic heterocycles. The second-order valence-electron chi connectivity index (χ2n) is 2.85. The average molecular weight is 266 g/mol. The van der Waals surface area contributed by atoms with Crippen LogP contribution in [0.2, 0.25) is 0 Å². The molecule has 1 nitrogen and oxygen atoms in total. The summed E-state index contributed by atoms with van der Waals surface area (Å²) < 4.78 is 37.7. The number of nitriles is 1. The summed E-state index contributed by atoms with van der Waals surface area (Å²) in [5.41, 5.74) is -1.25. The molecule has 0 aromatic heterocycles. The van der Waals surface area contributed by atoms with Crippen molar-refractivity contribution in [2.24, 2.45) is 0 Å². The Labute approximate surface area is 100 Å². The largest absolute Gasteiger partial charge is 0.417 e. The fourth-order valence-electron chi connectivity index (χ4n) is 1.10. The third-order valence-electron chi connectivity index (χ3n) is 1.76. The molecule has 0 atom stereocenters. The van der Waals surface area contributed by atoms with Gasteiger partial charge in [-0.2, -0.15) is 18.4 Å². The van der Waals surface area contributed by atoms with Gasteiger partial charge in [-0.25, -0.2) is 0 Å². The summed E-state index contributed by atoms with van der Waals surface area (Å²) in [4.78, 5) is 0.465. The SMILES string of the molecule is N#Cc1ccc(SCCCl)cc1C(F)(F)F. The van der Waals surface area contributed by atoms with Crippen molar-refractivity contribution < 1.29 is 13.2 Å². The van der Waals surface area contributed by atoms with Crippen LogP contribution < -0.4 is 0 Å². The highest BCUT2D eigenvalue weighted by Gasteiger charge is 2.33. The number of hydrogen-bond acceptors (Lipinski definition) is 2. The number of halogens is 4. The van der Waals surface area contributed by atoms with E-state index in [2.05, 4.69) is 0 Å². The van der Waals surface area contributed by atoms with Crippen molar-refractivity contribution in [1.29, 1.82) is 5.26 Å². The summed E-state index contributed by atoms with van der Waals surface area (Å²) in [7, 11) is 0. The molecule has 0 aliphatic carbocycles. The van der Waals surface area contributed by atoms with Crippen molar-refractivity contribution in [2.45, 2.75) is 11.1 Å². The predicted molar refractivity (Wildman–Crippen MR) is 57.6 cm³/mol. The molecule has 0 saturated heterocycles. The fourth-order valence-corrected chi connectivity index (χ4v) is 2.01. The smallest absolute Gasteiger partial charge is 0.192 e. The highest BCUT2D eigenvalue weighted by molar-refractivity contribution is 7.99. The molecule has 1 rings (SSSR count). The van der Waals surface area contributed by atoms with E-state index in [0.717, 1.165) is 6.07 Å². The lowest BCUT2D eigenvalue weighted by atomic mass is 10.1. The van der Waals surface area contributed by atoms with Gasteiger partial charge in [-0.05, 0) is 18.2 Å². The van der Waals surface area contributed by atoms with Gasteiger partial charge in [0, 0.05) is 16.5 Å². The predicted octanol–water partition coefficient (Wildman–Crippen LogP) is 3.91. The summed E-state index contributed by atoms with van der Waals surface area (Å²) >= 11 is 6.67. The molecule has 0 heterocycles. The second-order valence-corrected chi connectivity index (χ2v) is 4.40. The molecule has 0 radical (unpaired) electrons. The van der Waals surface area contributed by atoms with Gasteiger partial charge in [0.25, 0.3) is 0 Å². The number of alkyl halides is 4. The van der Waals surface area contributed by atoms with Crippen LogP contribution in [0.25, 0.3) is 0 Å². The summed E-state index contributed by atoms with van der Waals surface area (Å²) in [6.45, 7) is 0. The van der Waals surface area contributed by atoms with Gasteiger partial charge in [0.1, 0.15) is 0 Å². The van der Waals surface area contributed by atoms with Gasteiger partial charge in [-0.1, -0.05) is 0 Å². The number of benzene rings is 1. The standard InChI is InChI=1S/C10H7ClF3NS/c11-3-4-16-8-2-1-7(6-15)9(5-8)10(12,13)14/h1-2,5H,3-4H2. The third kappa shape index (κ3) is 3.32. The van der Waals surface area contributed by atoms with E-state index in [1.54, 1.807) is 0 Å². The topological polar surface area (TPSA) is 23.8 Å². The van der Waals surface area contributed by atoms with Gasteiger partial charge in [-0.3, -0.25) is 0 Å². The minimum Gasteiger partial charge on any atom is -0.192 e. The second kappa shape index (κ2) is 5.46. The third-order valence-corrected chi connectivity index (χ3v) is 3.17. The maximum Gasteiger partial charge on any atom is 0.417 e. The monoisotopic (exact) mass is 265 g/mol. The molecule has 6 heteroatoms. The normalized spacial score (nSPS) is 11.2. The Morgan fingerprint density at radius 3 is 2.56 bits per heavy atom. The first-order chi connectivity index (χ1) is 7.49. The first-order valence-corrected chi connectivity index (χ1v) is 5.81. The molecule has 0 unspecified atom stereocenters. The zero-order chi connectivity index (χ0) is 12.2. The molecule has 0 fully saturated rings. The molecule has 0 bridgehead atoms. The number of nitrogens with zero attached hydrogens (tertiary/aromatic N) is 1. The lowest BCUT2D eigenvalue weighted by molar-refractivity contribution is -0.137. The molecule has 86 valence electrons. The first kappa shape index (κ1) is 13.2. The lowest BCUT2D eigenvalue weighted by Gasteiger charge is -2.10. The Morgan fingerprint density at radius 1 is 1.38 bits per heavy atom. The summed E-state index contributed by atoms with van der Waals surface area (Å²) in [6, 6.07) is 5.18. The zero-order valence-corrected chi connectivity index (χ0v) is 9.59. The van der Waals surface area contributed by atoms with Crippen LogP contribution in [0.5, 0.6) is 0 Å². The molecule has 0 spiro atoms. The Kier molecular flexibility index (Phi) is 4.51. The summed E-state index contributed by atoms with van der Waals surface area (Å²) in [6.07, 6.45) is -4.50. The summed E-state index contributed by atoms with van der Waals surface area (Å²) in [5, 5.41) is 8.57. The quantitative estimate of drug-likeness (QED) is 0.611. The molecule has 1 aromatic carbocycles. The van der Waals surface area contributed by atoms with Crippen molar-refractivity contribution in [3.8, 4) is 6.07 Å². The molecule has 0 saturated carbocycles. The average Bonchev–Trinajstić information content (AvgIpc) is 2.24. The van der Waals surface area contributed by atoms with Gasteiger partial charge in [0.05, 0.1) is 17.2 Å².